The fourth-order valence-electron chi connectivity index (χ4n) is 2.02. The average Bonchev–Trinajstić information content (AvgIpc) is 3.31. The summed E-state index contributed by atoms with van der Waals surface area (Å²) in [7, 11) is 0. The zero-order valence-electron chi connectivity index (χ0n) is 12.6. The normalized spacial score (nSPS) is 14.0. The zero-order valence-corrected chi connectivity index (χ0v) is 12.6. The van der Waals surface area contributed by atoms with Crippen LogP contribution in [0.15, 0.2) is 18.6 Å². The third-order valence-corrected chi connectivity index (χ3v) is 3.32. The molecule has 114 valence electrons. The topological polar surface area (TPSA) is 75.2 Å². The van der Waals surface area contributed by atoms with Gasteiger partial charge < -0.3 is 10.2 Å². The van der Waals surface area contributed by atoms with Gasteiger partial charge in [-0.3, -0.25) is 14.6 Å². The standard InChI is InChI=1S/C15H22N4O2/c1-11(2)9-18-14(20)5-8-19(12-3-4-12)15(21)13-10-16-6-7-17-13/h6-7,10-12H,3-5,8-9H2,1-2H3,(H,18,20). The van der Waals surface area contributed by atoms with Gasteiger partial charge in [0.05, 0.1) is 6.20 Å². The predicted molar refractivity (Wildman–Crippen MR) is 78.6 cm³/mol. The summed E-state index contributed by atoms with van der Waals surface area (Å²) in [6.45, 7) is 5.20. The Hall–Kier alpha value is -1.98. The van der Waals surface area contributed by atoms with Crippen LogP contribution >= 0.6 is 0 Å². The van der Waals surface area contributed by atoms with Crippen LogP contribution in [0.3, 0.4) is 0 Å². The molecule has 21 heavy (non-hydrogen) atoms. The summed E-state index contributed by atoms with van der Waals surface area (Å²) in [6.07, 6.45) is 6.84. The summed E-state index contributed by atoms with van der Waals surface area (Å²) in [5.74, 6) is 0.276. The van der Waals surface area contributed by atoms with Crippen molar-refractivity contribution < 1.29 is 9.59 Å². The van der Waals surface area contributed by atoms with E-state index in [0.717, 1.165) is 12.8 Å². The van der Waals surface area contributed by atoms with Gasteiger partial charge in [0.15, 0.2) is 0 Å². The van der Waals surface area contributed by atoms with Crippen LogP contribution in [0.2, 0.25) is 0 Å². The van der Waals surface area contributed by atoms with Crippen molar-refractivity contribution in [1.82, 2.24) is 20.2 Å². The molecule has 1 aliphatic carbocycles. The Bertz CT molecular complexity index is 486. The second-order valence-electron chi connectivity index (χ2n) is 5.77. The molecule has 6 heteroatoms. The first-order valence-corrected chi connectivity index (χ1v) is 7.41. The SMILES string of the molecule is CC(C)CNC(=O)CCN(C(=O)c1cnccn1)C1CC1. The van der Waals surface area contributed by atoms with E-state index in [1.807, 2.05) is 13.8 Å². The van der Waals surface area contributed by atoms with Gasteiger partial charge in [-0.2, -0.15) is 0 Å². The molecule has 0 unspecified atom stereocenters. The lowest BCUT2D eigenvalue weighted by Crippen LogP contribution is -2.37. The molecule has 1 N–H and O–H groups in total. The molecular formula is C15H22N4O2. The number of carbonyl (C=O) groups excluding carboxylic acids is 2. The van der Waals surface area contributed by atoms with Crippen LogP contribution in [0.5, 0.6) is 0 Å². The molecule has 0 aliphatic heterocycles. The number of hydrogen-bond donors (Lipinski definition) is 1. The van der Waals surface area contributed by atoms with E-state index in [4.69, 9.17) is 0 Å². The Kier molecular flexibility index (Phi) is 5.25. The third-order valence-electron chi connectivity index (χ3n) is 3.32. The number of carbonyl (C=O) groups is 2. The largest absolute Gasteiger partial charge is 0.356 e. The van der Waals surface area contributed by atoms with E-state index in [2.05, 4.69) is 15.3 Å². The molecule has 2 rings (SSSR count). The molecular weight excluding hydrogens is 268 g/mol. The Morgan fingerprint density at radius 3 is 2.71 bits per heavy atom. The maximum atomic E-state index is 12.4. The van der Waals surface area contributed by atoms with Gasteiger partial charge in [0, 0.05) is 37.9 Å². The highest BCUT2D eigenvalue weighted by molar-refractivity contribution is 5.92. The Balaban J connectivity index is 1.88. The van der Waals surface area contributed by atoms with Crippen molar-refractivity contribution in [2.24, 2.45) is 5.92 Å². The second kappa shape index (κ2) is 7.15. The van der Waals surface area contributed by atoms with Crippen molar-refractivity contribution in [3.05, 3.63) is 24.3 Å². The molecule has 1 heterocycles. The van der Waals surface area contributed by atoms with Gasteiger partial charge in [-0.25, -0.2) is 4.98 Å². The molecule has 6 nitrogen and oxygen atoms in total. The molecule has 0 saturated heterocycles. The summed E-state index contributed by atoms with van der Waals surface area (Å²) in [5.41, 5.74) is 0.340. The van der Waals surface area contributed by atoms with Crippen LogP contribution in [-0.4, -0.2) is 45.8 Å². The van der Waals surface area contributed by atoms with Crippen molar-refractivity contribution in [1.29, 1.82) is 0 Å². The molecule has 0 spiro atoms. The lowest BCUT2D eigenvalue weighted by atomic mass is 10.2. The van der Waals surface area contributed by atoms with Crippen LogP contribution in [0.25, 0.3) is 0 Å². The van der Waals surface area contributed by atoms with Crippen LogP contribution in [0, 0.1) is 5.92 Å². The fourth-order valence-corrected chi connectivity index (χ4v) is 2.02. The maximum absolute atomic E-state index is 12.4. The minimum absolute atomic E-state index is 0.0127. The van der Waals surface area contributed by atoms with Crippen molar-refractivity contribution in [2.75, 3.05) is 13.1 Å². The Labute approximate surface area is 125 Å². The highest BCUT2D eigenvalue weighted by atomic mass is 16.2. The quantitative estimate of drug-likeness (QED) is 0.820. The van der Waals surface area contributed by atoms with Crippen LogP contribution in [0.1, 0.15) is 43.6 Å². The number of aromatic nitrogens is 2. The summed E-state index contributed by atoms with van der Waals surface area (Å²) in [6, 6.07) is 0.248. The van der Waals surface area contributed by atoms with Gasteiger partial charge in [0.2, 0.25) is 5.91 Å². The smallest absolute Gasteiger partial charge is 0.274 e. The Morgan fingerprint density at radius 1 is 1.38 bits per heavy atom. The molecule has 1 fully saturated rings. The van der Waals surface area contributed by atoms with Crippen molar-refractivity contribution in [3.8, 4) is 0 Å². The van der Waals surface area contributed by atoms with Gasteiger partial charge in [0.25, 0.3) is 5.91 Å². The van der Waals surface area contributed by atoms with Gasteiger partial charge in [-0.05, 0) is 18.8 Å². The highest BCUT2D eigenvalue weighted by Crippen LogP contribution is 2.28. The molecule has 0 atom stereocenters. The van der Waals surface area contributed by atoms with Gasteiger partial charge in [-0.15, -0.1) is 0 Å². The van der Waals surface area contributed by atoms with E-state index in [1.165, 1.54) is 18.6 Å². The predicted octanol–water partition coefficient (Wildman–Crippen LogP) is 1.24. The molecule has 0 bridgehead atoms. The Morgan fingerprint density at radius 2 is 2.14 bits per heavy atom. The molecule has 1 aromatic heterocycles. The highest BCUT2D eigenvalue weighted by Gasteiger charge is 2.33. The van der Waals surface area contributed by atoms with Gasteiger partial charge in [-0.1, -0.05) is 13.8 Å². The van der Waals surface area contributed by atoms with E-state index < -0.39 is 0 Å². The minimum Gasteiger partial charge on any atom is -0.356 e. The fraction of sp³-hybridized carbons (Fsp3) is 0.600. The lowest BCUT2D eigenvalue weighted by molar-refractivity contribution is -0.121. The summed E-state index contributed by atoms with van der Waals surface area (Å²) >= 11 is 0. The lowest BCUT2D eigenvalue weighted by Gasteiger charge is -2.21. The third kappa shape index (κ3) is 4.81. The monoisotopic (exact) mass is 290 g/mol. The van der Waals surface area contributed by atoms with Crippen LogP contribution in [0.4, 0.5) is 0 Å². The molecule has 1 aromatic rings. The van der Waals surface area contributed by atoms with E-state index >= 15 is 0 Å². The van der Waals surface area contributed by atoms with Crippen molar-refractivity contribution in [3.63, 3.8) is 0 Å². The number of hydrogen-bond acceptors (Lipinski definition) is 4. The van der Waals surface area contributed by atoms with Crippen molar-refractivity contribution in [2.45, 2.75) is 39.2 Å². The molecule has 2 amide bonds. The first-order valence-electron chi connectivity index (χ1n) is 7.41. The minimum atomic E-state index is -0.137. The first kappa shape index (κ1) is 15.4. The van der Waals surface area contributed by atoms with E-state index in [0.29, 0.717) is 31.1 Å². The molecule has 1 aliphatic rings. The van der Waals surface area contributed by atoms with E-state index in [1.54, 1.807) is 4.90 Å². The number of nitrogens with zero attached hydrogens (tertiary/aromatic N) is 3. The molecule has 1 saturated carbocycles. The van der Waals surface area contributed by atoms with E-state index in [9.17, 15) is 9.59 Å². The van der Waals surface area contributed by atoms with Crippen LogP contribution in [-0.2, 0) is 4.79 Å². The molecule has 0 radical (unpaired) electrons. The zero-order chi connectivity index (χ0) is 15.2. The number of rotatable bonds is 7. The molecule has 0 aromatic carbocycles. The van der Waals surface area contributed by atoms with E-state index in [-0.39, 0.29) is 17.9 Å². The summed E-state index contributed by atoms with van der Waals surface area (Å²) in [4.78, 5) is 33.9. The number of nitrogens with one attached hydrogen (secondary N) is 1. The average molecular weight is 290 g/mol. The maximum Gasteiger partial charge on any atom is 0.274 e. The van der Waals surface area contributed by atoms with Gasteiger partial charge in [0.1, 0.15) is 5.69 Å². The van der Waals surface area contributed by atoms with Crippen LogP contribution < -0.4 is 5.32 Å². The second-order valence-corrected chi connectivity index (χ2v) is 5.77. The summed E-state index contributed by atoms with van der Waals surface area (Å²) in [5, 5.41) is 2.87. The van der Waals surface area contributed by atoms with Gasteiger partial charge >= 0.3 is 0 Å². The first-order chi connectivity index (χ1) is 10.1. The van der Waals surface area contributed by atoms with Crippen molar-refractivity contribution >= 4 is 11.8 Å². The summed E-state index contributed by atoms with van der Waals surface area (Å²) < 4.78 is 0. The number of amides is 2.